The molecule has 72 valence electrons. The first-order valence-corrected chi connectivity index (χ1v) is 3.35. The highest BCUT2D eigenvalue weighted by atomic mass is 35.5. The Labute approximate surface area is 74.5 Å². The van der Waals surface area contributed by atoms with Gasteiger partial charge in [-0.1, -0.05) is 0 Å². The Balaban J connectivity index is 0.00000121. The predicted molar refractivity (Wildman–Crippen MR) is 40.8 cm³/mol. The van der Waals surface area contributed by atoms with Gasteiger partial charge in [-0.15, -0.1) is 12.4 Å². The molecule has 0 aromatic heterocycles. The smallest absolute Gasteiger partial charge is 0.312 e. The van der Waals surface area contributed by atoms with Crippen molar-refractivity contribution in [2.45, 2.75) is 12.3 Å². The maximum atomic E-state index is 12.7. The summed E-state index contributed by atoms with van der Waals surface area (Å²) in [5, 5.41) is 10.8. The van der Waals surface area contributed by atoms with Crippen molar-refractivity contribution in [1.82, 2.24) is 5.32 Å². The zero-order valence-electron chi connectivity index (χ0n) is 6.22. The second-order valence-electron chi connectivity index (χ2n) is 2.62. The van der Waals surface area contributed by atoms with Gasteiger partial charge in [0.2, 0.25) is 0 Å². The highest BCUT2D eigenvalue weighted by Crippen LogP contribution is 2.29. The van der Waals surface area contributed by atoms with E-state index >= 15 is 0 Å². The SMILES string of the molecule is Cl.O=C(O)[C@H]1CCNCC1(F)F. The van der Waals surface area contributed by atoms with Gasteiger partial charge < -0.3 is 10.4 Å². The lowest BCUT2D eigenvalue weighted by Crippen LogP contribution is -2.49. The summed E-state index contributed by atoms with van der Waals surface area (Å²) in [7, 11) is 0. The lowest BCUT2D eigenvalue weighted by molar-refractivity contribution is -0.159. The summed E-state index contributed by atoms with van der Waals surface area (Å²) in [6, 6.07) is 0. The Bertz CT molecular complexity index is 177. The molecule has 1 atom stereocenters. The maximum Gasteiger partial charge on any atom is 0.312 e. The molecule has 12 heavy (non-hydrogen) atoms. The van der Waals surface area contributed by atoms with Crippen LogP contribution >= 0.6 is 12.4 Å². The van der Waals surface area contributed by atoms with Gasteiger partial charge in [0.05, 0.1) is 6.54 Å². The number of carboxylic acid groups (broad SMARTS) is 1. The largest absolute Gasteiger partial charge is 0.481 e. The highest BCUT2D eigenvalue weighted by molar-refractivity contribution is 5.85. The summed E-state index contributed by atoms with van der Waals surface area (Å²) in [6.45, 7) is -0.170. The molecule has 0 unspecified atom stereocenters. The summed E-state index contributed by atoms with van der Waals surface area (Å²) in [6.07, 6.45) is 0.00231. The molecule has 0 saturated carbocycles. The fourth-order valence-corrected chi connectivity index (χ4v) is 1.14. The summed E-state index contributed by atoms with van der Waals surface area (Å²) in [4.78, 5) is 10.3. The standard InChI is InChI=1S/C6H9F2NO2.ClH/c7-6(8)3-9-2-1-4(6)5(10)11;/h4,9H,1-3H2,(H,10,11);1H/t4-;/m1./s1. The second kappa shape index (κ2) is 4.00. The van der Waals surface area contributed by atoms with Gasteiger partial charge in [0.25, 0.3) is 5.92 Å². The zero-order valence-corrected chi connectivity index (χ0v) is 7.03. The van der Waals surface area contributed by atoms with E-state index in [1.54, 1.807) is 0 Å². The number of hydrogen-bond donors (Lipinski definition) is 2. The van der Waals surface area contributed by atoms with Crippen LogP contribution in [0.2, 0.25) is 0 Å². The van der Waals surface area contributed by atoms with Crippen LogP contribution in [0.25, 0.3) is 0 Å². The molecule has 3 nitrogen and oxygen atoms in total. The fourth-order valence-electron chi connectivity index (χ4n) is 1.14. The molecule has 1 aliphatic rings. The first kappa shape index (κ1) is 11.6. The van der Waals surface area contributed by atoms with Crippen LogP contribution in [0.3, 0.4) is 0 Å². The molecule has 0 amide bonds. The van der Waals surface area contributed by atoms with Crippen LogP contribution in [0.5, 0.6) is 0 Å². The van der Waals surface area contributed by atoms with E-state index < -0.39 is 24.4 Å². The zero-order chi connectivity index (χ0) is 8.48. The Morgan fingerprint density at radius 2 is 2.17 bits per heavy atom. The molecule has 1 fully saturated rings. The predicted octanol–water partition coefficient (Wildman–Crippen LogP) is 0.738. The van der Waals surface area contributed by atoms with E-state index in [0.29, 0.717) is 6.54 Å². The van der Waals surface area contributed by atoms with Crippen molar-refractivity contribution in [2.24, 2.45) is 5.92 Å². The molecule has 0 aliphatic carbocycles. The van der Waals surface area contributed by atoms with Gasteiger partial charge in [0, 0.05) is 0 Å². The van der Waals surface area contributed by atoms with Crippen molar-refractivity contribution in [3.05, 3.63) is 0 Å². The lowest BCUT2D eigenvalue weighted by atomic mass is 9.94. The number of nitrogens with one attached hydrogen (secondary N) is 1. The minimum atomic E-state index is -3.09. The number of halogens is 3. The van der Waals surface area contributed by atoms with Crippen molar-refractivity contribution < 1.29 is 18.7 Å². The van der Waals surface area contributed by atoms with Gasteiger partial charge in [0.15, 0.2) is 0 Å². The first-order chi connectivity index (χ1) is 5.04. The Morgan fingerprint density at radius 1 is 1.58 bits per heavy atom. The molecule has 0 radical (unpaired) electrons. The van der Waals surface area contributed by atoms with Crippen molar-refractivity contribution >= 4 is 18.4 Å². The Hall–Kier alpha value is -0.420. The van der Waals surface area contributed by atoms with E-state index in [0.717, 1.165) is 0 Å². The third-order valence-corrected chi connectivity index (χ3v) is 1.78. The minimum Gasteiger partial charge on any atom is -0.481 e. The first-order valence-electron chi connectivity index (χ1n) is 3.35. The topological polar surface area (TPSA) is 49.3 Å². The number of alkyl halides is 2. The third-order valence-electron chi connectivity index (χ3n) is 1.78. The molecule has 1 rings (SSSR count). The van der Waals surface area contributed by atoms with Crippen molar-refractivity contribution in [3.8, 4) is 0 Å². The molecule has 6 heteroatoms. The number of hydrogen-bond acceptors (Lipinski definition) is 2. The normalized spacial score (nSPS) is 27.3. The van der Waals surface area contributed by atoms with Gasteiger partial charge in [-0.3, -0.25) is 4.79 Å². The Kier molecular flexibility index (Phi) is 3.86. The maximum absolute atomic E-state index is 12.7. The Morgan fingerprint density at radius 3 is 2.50 bits per heavy atom. The van der Waals surface area contributed by atoms with Gasteiger partial charge >= 0.3 is 5.97 Å². The number of piperidine rings is 1. The van der Waals surface area contributed by atoms with Gasteiger partial charge in [-0.25, -0.2) is 8.78 Å². The van der Waals surface area contributed by atoms with E-state index in [2.05, 4.69) is 5.32 Å². The molecule has 2 N–H and O–H groups in total. The number of carbonyl (C=O) groups is 1. The third kappa shape index (κ3) is 2.28. The molecular formula is C6H10ClF2NO2. The summed E-state index contributed by atoms with van der Waals surface area (Å²) in [5.74, 6) is -6.01. The van der Waals surface area contributed by atoms with E-state index in [-0.39, 0.29) is 18.8 Å². The van der Waals surface area contributed by atoms with E-state index in [1.165, 1.54) is 0 Å². The molecule has 0 aromatic rings. The van der Waals surface area contributed by atoms with Crippen LogP contribution in [0.4, 0.5) is 8.78 Å². The minimum absolute atomic E-state index is 0. The fraction of sp³-hybridized carbons (Fsp3) is 0.833. The average Bonchev–Trinajstić information content (AvgIpc) is 1.85. The van der Waals surface area contributed by atoms with Crippen LogP contribution in [0.1, 0.15) is 6.42 Å². The molecular weight excluding hydrogens is 192 g/mol. The van der Waals surface area contributed by atoms with Gasteiger partial charge in [-0.05, 0) is 13.0 Å². The van der Waals surface area contributed by atoms with Gasteiger partial charge in [0.1, 0.15) is 5.92 Å². The summed E-state index contributed by atoms with van der Waals surface area (Å²) < 4.78 is 25.4. The van der Waals surface area contributed by atoms with Crippen LogP contribution in [0, 0.1) is 5.92 Å². The van der Waals surface area contributed by atoms with Crippen LogP contribution < -0.4 is 5.32 Å². The number of aliphatic carboxylic acids is 1. The van der Waals surface area contributed by atoms with Gasteiger partial charge in [-0.2, -0.15) is 0 Å². The molecule has 1 heterocycles. The summed E-state index contributed by atoms with van der Waals surface area (Å²) >= 11 is 0. The molecule has 1 aliphatic heterocycles. The highest BCUT2D eigenvalue weighted by Gasteiger charge is 2.45. The van der Waals surface area contributed by atoms with Crippen LogP contribution in [-0.4, -0.2) is 30.1 Å². The van der Waals surface area contributed by atoms with Crippen LogP contribution in [-0.2, 0) is 4.79 Å². The van der Waals surface area contributed by atoms with E-state index in [1.807, 2.05) is 0 Å². The molecule has 0 aromatic carbocycles. The number of carboxylic acids is 1. The molecule has 1 saturated heterocycles. The lowest BCUT2D eigenvalue weighted by Gasteiger charge is -2.28. The number of rotatable bonds is 1. The molecule has 0 spiro atoms. The quantitative estimate of drug-likeness (QED) is 0.658. The van der Waals surface area contributed by atoms with Crippen molar-refractivity contribution in [1.29, 1.82) is 0 Å². The molecule has 0 bridgehead atoms. The van der Waals surface area contributed by atoms with Crippen molar-refractivity contribution in [3.63, 3.8) is 0 Å². The monoisotopic (exact) mass is 201 g/mol. The second-order valence-corrected chi connectivity index (χ2v) is 2.62. The van der Waals surface area contributed by atoms with E-state index in [4.69, 9.17) is 5.11 Å². The van der Waals surface area contributed by atoms with Crippen molar-refractivity contribution in [2.75, 3.05) is 13.1 Å². The summed E-state index contributed by atoms with van der Waals surface area (Å²) in [5.41, 5.74) is 0. The van der Waals surface area contributed by atoms with E-state index in [9.17, 15) is 13.6 Å². The van der Waals surface area contributed by atoms with Crippen LogP contribution in [0.15, 0.2) is 0 Å². The average molecular weight is 202 g/mol.